The second kappa shape index (κ2) is 9.79. The van der Waals surface area contributed by atoms with Crippen molar-refractivity contribution < 1.29 is 19.1 Å². The van der Waals surface area contributed by atoms with Crippen molar-refractivity contribution in [2.75, 3.05) is 38.2 Å². The third-order valence-electron chi connectivity index (χ3n) is 6.65. The molecule has 1 atom stereocenters. The maximum Gasteiger partial charge on any atom is 0.325 e. The fourth-order valence-corrected chi connectivity index (χ4v) is 4.39. The third kappa shape index (κ3) is 5.55. The first kappa shape index (κ1) is 24.9. The van der Waals surface area contributed by atoms with E-state index in [-0.39, 0.29) is 12.0 Å². The van der Waals surface area contributed by atoms with Gasteiger partial charge < -0.3 is 15.4 Å². The first-order chi connectivity index (χ1) is 16.6. The van der Waals surface area contributed by atoms with Gasteiger partial charge in [0.05, 0.1) is 13.2 Å². The standard InChI is InChI=1S/C27H34N4O4/c1-26(2,3)20-7-9-21(10-8-20)27(4)24(33)31(25(34)29-27)18-23(32)28-22-11-5-19(6-12-22)17-30-13-15-35-16-14-30/h5-12H,13-18H2,1-4H3,(H,28,32)(H,29,34). The summed E-state index contributed by atoms with van der Waals surface area (Å²) in [5, 5.41) is 5.55. The molecule has 0 aliphatic carbocycles. The quantitative estimate of drug-likeness (QED) is 0.622. The molecule has 0 saturated carbocycles. The Morgan fingerprint density at radius 3 is 2.26 bits per heavy atom. The molecule has 0 spiro atoms. The highest BCUT2D eigenvalue weighted by Crippen LogP contribution is 2.31. The molecule has 186 valence electrons. The summed E-state index contributed by atoms with van der Waals surface area (Å²) in [6.07, 6.45) is 0. The number of anilines is 1. The van der Waals surface area contributed by atoms with Gasteiger partial charge in [0.25, 0.3) is 5.91 Å². The molecule has 2 aliphatic heterocycles. The van der Waals surface area contributed by atoms with Crippen LogP contribution in [0.2, 0.25) is 0 Å². The van der Waals surface area contributed by atoms with Crippen molar-refractivity contribution in [2.45, 2.75) is 45.2 Å². The predicted octanol–water partition coefficient (Wildman–Crippen LogP) is 3.22. The number of amides is 4. The topological polar surface area (TPSA) is 91.0 Å². The third-order valence-corrected chi connectivity index (χ3v) is 6.65. The van der Waals surface area contributed by atoms with Crippen LogP contribution in [0.3, 0.4) is 0 Å². The average molecular weight is 479 g/mol. The fraction of sp³-hybridized carbons (Fsp3) is 0.444. The molecule has 4 rings (SSSR count). The van der Waals surface area contributed by atoms with Gasteiger partial charge in [0, 0.05) is 25.3 Å². The van der Waals surface area contributed by atoms with Gasteiger partial charge in [0.2, 0.25) is 5.91 Å². The molecule has 0 bridgehead atoms. The molecule has 2 aliphatic rings. The van der Waals surface area contributed by atoms with E-state index in [0.717, 1.165) is 48.9 Å². The van der Waals surface area contributed by atoms with Gasteiger partial charge in [-0.05, 0) is 41.2 Å². The van der Waals surface area contributed by atoms with E-state index in [0.29, 0.717) is 11.3 Å². The van der Waals surface area contributed by atoms with Crippen molar-refractivity contribution in [1.82, 2.24) is 15.1 Å². The van der Waals surface area contributed by atoms with Crippen LogP contribution in [-0.4, -0.2) is 60.5 Å². The summed E-state index contributed by atoms with van der Waals surface area (Å²) in [6, 6.07) is 14.7. The Hall–Kier alpha value is -3.23. The molecule has 1 unspecified atom stereocenters. The minimum absolute atomic E-state index is 0.0206. The number of hydrogen-bond acceptors (Lipinski definition) is 5. The zero-order valence-electron chi connectivity index (χ0n) is 20.9. The highest BCUT2D eigenvalue weighted by Gasteiger charge is 2.49. The lowest BCUT2D eigenvalue weighted by atomic mass is 9.84. The van der Waals surface area contributed by atoms with Crippen LogP contribution in [-0.2, 0) is 31.8 Å². The molecule has 35 heavy (non-hydrogen) atoms. The number of carbonyl (C=O) groups excluding carboxylic acids is 3. The molecular formula is C27H34N4O4. The van der Waals surface area contributed by atoms with E-state index in [1.807, 2.05) is 48.5 Å². The van der Waals surface area contributed by atoms with Crippen LogP contribution in [0.1, 0.15) is 44.4 Å². The number of nitrogens with zero attached hydrogens (tertiary/aromatic N) is 2. The molecule has 4 amide bonds. The molecule has 8 heteroatoms. The monoisotopic (exact) mass is 478 g/mol. The van der Waals surface area contributed by atoms with Crippen molar-refractivity contribution in [3.63, 3.8) is 0 Å². The number of hydrogen-bond donors (Lipinski definition) is 2. The highest BCUT2D eigenvalue weighted by atomic mass is 16.5. The number of benzene rings is 2. The molecule has 0 aromatic heterocycles. The molecule has 2 saturated heterocycles. The maximum absolute atomic E-state index is 13.2. The van der Waals surface area contributed by atoms with Gasteiger partial charge >= 0.3 is 6.03 Å². The van der Waals surface area contributed by atoms with Crippen molar-refractivity contribution in [1.29, 1.82) is 0 Å². The summed E-state index contributed by atoms with van der Waals surface area (Å²) in [5.41, 5.74) is 2.35. The summed E-state index contributed by atoms with van der Waals surface area (Å²) in [4.78, 5) is 41.8. The van der Waals surface area contributed by atoms with E-state index in [2.05, 4.69) is 36.3 Å². The van der Waals surface area contributed by atoms with Crippen molar-refractivity contribution in [3.05, 3.63) is 65.2 Å². The summed E-state index contributed by atoms with van der Waals surface area (Å²) in [5.74, 6) is -0.872. The Labute approximate surface area is 206 Å². The van der Waals surface area contributed by atoms with E-state index in [1.165, 1.54) is 0 Å². The summed E-state index contributed by atoms with van der Waals surface area (Å²) < 4.78 is 5.38. The van der Waals surface area contributed by atoms with Crippen LogP contribution in [0, 0.1) is 0 Å². The van der Waals surface area contributed by atoms with Crippen LogP contribution in [0.15, 0.2) is 48.5 Å². The Kier molecular flexibility index (Phi) is 6.96. The minimum atomic E-state index is -1.21. The molecule has 2 heterocycles. The zero-order valence-corrected chi connectivity index (χ0v) is 20.9. The molecule has 0 radical (unpaired) electrons. The largest absolute Gasteiger partial charge is 0.379 e. The van der Waals surface area contributed by atoms with Gasteiger partial charge in [-0.2, -0.15) is 0 Å². The Morgan fingerprint density at radius 1 is 1.03 bits per heavy atom. The summed E-state index contributed by atoms with van der Waals surface area (Å²) in [7, 11) is 0. The number of carbonyl (C=O) groups is 3. The van der Waals surface area contributed by atoms with Crippen molar-refractivity contribution in [3.8, 4) is 0 Å². The van der Waals surface area contributed by atoms with E-state index < -0.39 is 23.4 Å². The average Bonchev–Trinajstić information content (AvgIpc) is 3.04. The van der Waals surface area contributed by atoms with Crippen LogP contribution in [0.5, 0.6) is 0 Å². The second-order valence-electron chi connectivity index (χ2n) is 10.4. The molecule has 8 nitrogen and oxygen atoms in total. The van der Waals surface area contributed by atoms with Crippen LogP contribution < -0.4 is 10.6 Å². The molecular weight excluding hydrogens is 444 g/mol. The Morgan fingerprint density at radius 2 is 1.66 bits per heavy atom. The SMILES string of the molecule is CC(C)(C)c1ccc(C2(C)NC(=O)N(CC(=O)Nc3ccc(CN4CCOCC4)cc3)C2=O)cc1. The number of ether oxygens (including phenoxy) is 1. The first-order valence-corrected chi connectivity index (χ1v) is 12.0. The number of imide groups is 1. The number of nitrogens with one attached hydrogen (secondary N) is 2. The second-order valence-corrected chi connectivity index (χ2v) is 10.4. The van der Waals surface area contributed by atoms with Gasteiger partial charge in [-0.3, -0.25) is 19.4 Å². The normalized spacial score (nSPS) is 21.2. The number of rotatable bonds is 6. The summed E-state index contributed by atoms with van der Waals surface area (Å²) >= 11 is 0. The van der Waals surface area contributed by atoms with Crippen LogP contribution >= 0.6 is 0 Å². The smallest absolute Gasteiger partial charge is 0.325 e. The minimum Gasteiger partial charge on any atom is -0.379 e. The lowest BCUT2D eigenvalue weighted by Crippen LogP contribution is -2.42. The van der Waals surface area contributed by atoms with Crippen molar-refractivity contribution >= 4 is 23.5 Å². The number of urea groups is 1. The Balaban J connectivity index is 1.37. The van der Waals surface area contributed by atoms with E-state index in [1.54, 1.807) is 6.92 Å². The first-order valence-electron chi connectivity index (χ1n) is 12.0. The molecule has 2 aromatic carbocycles. The van der Waals surface area contributed by atoms with E-state index in [4.69, 9.17) is 4.74 Å². The maximum atomic E-state index is 13.2. The van der Waals surface area contributed by atoms with Crippen molar-refractivity contribution in [2.24, 2.45) is 0 Å². The van der Waals surface area contributed by atoms with Gasteiger partial charge in [0.1, 0.15) is 12.1 Å². The van der Waals surface area contributed by atoms with Crippen LogP contribution in [0.4, 0.5) is 10.5 Å². The predicted molar refractivity (Wildman–Crippen MR) is 134 cm³/mol. The van der Waals surface area contributed by atoms with Gasteiger partial charge in [-0.1, -0.05) is 57.2 Å². The zero-order chi connectivity index (χ0) is 25.2. The molecule has 2 aromatic rings. The molecule has 2 N–H and O–H groups in total. The number of morpholine rings is 1. The van der Waals surface area contributed by atoms with Crippen LogP contribution in [0.25, 0.3) is 0 Å². The lowest BCUT2D eigenvalue weighted by molar-refractivity contribution is -0.133. The lowest BCUT2D eigenvalue weighted by Gasteiger charge is -2.26. The fourth-order valence-electron chi connectivity index (χ4n) is 4.39. The van der Waals surface area contributed by atoms with Gasteiger partial charge in [-0.25, -0.2) is 4.79 Å². The van der Waals surface area contributed by atoms with E-state index >= 15 is 0 Å². The van der Waals surface area contributed by atoms with Gasteiger partial charge in [0.15, 0.2) is 0 Å². The Bertz CT molecular complexity index is 1090. The van der Waals surface area contributed by atoms with E-state index in [9.17, 15) is 14.4 Å². The molecule has 2 fully saturated rings. The summed E-state index contributed by atoms with van der Waals surface area (Å²) in [6.45, 7) is 11.8. The highest BCUT2D eigenvalue weighted by molar-refractivity contribution is 6.10. The van der Waals surface area contributed by atoms with Gasteiger partial charge in [-0.15, -0.1) is 0 Å².